The van der Waals surface area contributed by atoms with E-state index in [2.05, 4.69) is 10.6 Å². The van der Waals surface area contributed by atoms with Gasteiger partial charge in [0, 0.05) is 29.1 Å². The second-order valence-corrected chi connectivity index (χ2v) is 6.54. The Morgan fingerprint density at radius 3 is 2.42 bits per heavy atom. The van der Waals surface area contributed by atoms with Crippen molar-refractivity contribution < 1.29 is 23.6 Å². The molecule has 0 bridgehead atoms. The van der Waals surface area contributed by atoms with Crippen molar-refractivity contribution in [2.75, 3.05) is 17.2 Å². The molecule has 158 valence electrons. The summed E-state index contributed by atoms with van der Waals surface area (Å²) in [5.41, 5.74) is 0.131. The van der Waals surface area contributed by atoms with Crippen LogP contribution in [-0.2, 0) is 4.79 Å². The molecule has 0 saturated carbocycles. The summed E-state index contributed by atoms with van der Waals surface area (Å²) >= 11 is 0. The molecular formula is C22H18FN3O5. The molecule has 0 unspecified atom stereocenters. The molecule has 0 atom stereocenters. The maximum absolute atomic E-state index is 14.0. The summed E-state index contributed by atoms with van der Waals surface area (Å²) < 4.78 is 19.4. The molecule has 0 aliphatic rings. The van der Waals surface area contributed by atoms with E-state index in [0.29, 0.717) is 17.1 Å². The third-order valence-electron chi connectivity index (χ3n) is 4.30. The van der Waals surface area contributed by atoms with Crippen LogP contribution in [0.4, 0.5) is 21.5 Å². The largest absolute Gasteiger partial charge is 0.484 e. The molecule has 9 heteroatoms. The van der Waals surface area contributed by atoms with E-state index in [1.165, 1.54) is 13.0 Å². The molecule has 0 fully saturated rings. The molecule has 0 saturated heterocycles. The number of nitrogens with zero attached hydrogens (tertiary/aromatic N) is 1. The highest BCUT2D eigenvalue weighted by Crippen LogP contribution is 2.24. The van der Waals surface area contributed by atoms with Gasteiger partial charge in [0.15, 0.2) is 6.61 Å². The van der Waals surface area contributed by atoms with Crippen LogP contribution in [0.1, 0.15) is 15.9 Å². The second kappa shape index (κ2) is 9.49. The first-order valence-electron chi connectivity index (χ1n) is 9.17. The Morgan fingerprint density at radius 2 is 1.71 bits per heavy atom. The van der Waals surface area contributed by atoms with Crippen LogP contribution in [0.15, 0.2) is 66.7 Å². The number of hydrogen-bond acceptors (Lipinski definition) is 5. The smallest absolute Gasteiger partial charge is 0.276 e. The van der Waals surface area contributed by atoms with Gasteiger partial charge in [-0.25, -0.2) is 4.39 Å². The summed E-state index contributed by atoms with van der Waals surface area (Å²) in [5, 5.41) is 16.3. The summed E-state index contributed by atoms with van der Waals surface area (Å²) in [7, 11) is 0. The van der Waals surface area contributed by atoms with Gasteiger partial charge < -0.3 is 15.4 Å². The van der Waals surface area contributed by atoms with Crippen molar-refractivity contribution in [3.63, 3.8) is 0 Å². The minimum Gasteiger partial charge on any atom is -0.484 e. The summed E-state index contributed by atoms with van der Waals surface area (Å²) in [4.78, 5) is 34.7. The molecule has 2 amide bonds. The number of nitro benzene ring substituents is 1. The van der Waals surface area contributed by atoms with Crippen molar-refractivity contribution >= 4 is 28.9 Å². The SMILES string of the molecule is Cc1c(F)cc(C(=O)Nc2cccc(OCC(=O)Nc3ccccc3)c2)cc1[N+](=O)[O-]. The number of amides is 2. The molecule has 0 spiro atoms. The van der Waals surface area contributed by atoms with Gasteiger partial charge in [-0.05, 0) is 37.3 Å². The number of nitro groups is 1. The zero-order chi connectivity index (χ0) is 22.4. The Hall–Kier alpha value is -4.27. The Balaban J connectivity index is 1.64. The quantitative estimate of drug-likeness (QED) is 0.435. The van der Waals surface area contributed by atoms with Crippen molar-refractivity contribution in [1.82, 2.24) is 0 Å². The molecule has 3 aromatic carbocycles. The summed E-state index contributed by atoms with van der Waals surface area (Å²) in [5.74, 6) is -1.60. The van der Waals surface area contributed by atoms with E-state index in [4.69, 9.17) is 4.74 Å². The van der Waals surface area contributed by atoms with E-state index >= 15 is 0 Å². The van der Waals surface area contributed by atoms with Gasteiger partial charge in [-0.3, -0.25) is 19.7 Å². The predicted octanol–water partition coefficient (Wildman–Crippen LogP) is 4.31. The molecule has 2 N–H and O–H groups in total. The zero-order valence-corrected chi connectivity index (χ0v) is 16.4. The molecule has 31 heavy (non-hydrogen) atoms. The first-order chi connectivity index (χ1) is 14.8. The fourth-order valence-corrected chi connectivity index (χ4v) is 2.72. The Kier molecular flexibility index (Phi) is 6.56. The average molecular weight is 423 g/mol. The van der Waals surface area contributed by atoms with Gasteiger partial charge >= 0.3 is 0 Å². The Labute approximate surface area is 176 Å². The van der Waals surface area contributed by atoms with E-state index in [0.717, 1.165) is 12.1 Å². The molecule has 0 heterocycles. The Bertz CT molecular complexity index is 1140. The van der Waals surface area contributed by atoms with Gasteiger partial charge in [-0.2, -0.15) is 0 Å². The van der Waals surface area contributed by atoms with Crippen LogP contribution in [-0.4, -0.2) is 23.3 Å². The van der Waals surface area contributed by atoms with Crippen LogP contribution in [0, 0.1) is 22.9 Å². The maximum Gasteiger partial charge on any atom is 0.276 e. The number of para-hydroxylation sites is 1. The number of rotatable bonds is 7. The molecule has 8 nitrogen and oxygen atoms in total. The minimum absolute atomic E-state index is 0.147. The molecule has 3 rings (SSSR count). The van der Waals surface area contributed by atoms with Crippen LogP contribution in [0.5, 0.6) is 5.75 Å². The molecular weight excluding hydrogens is 405 g/mol. The van der Waals surface area contributed by atoms with Crippen molar-refractivity contribution in [1.29, 1.82) is 0 Å². The number of ether oxygens (including phenoxy) is 1. The fraction of sp³-hybridized carbons (Fsp3) is 0.0909. The van der Waals surface area contributed by atoms with Crippen LogP contribution in [0.3, 0.4) is 0 Å². The minimum atomic E-state index is -0.846. The number of carbonyl (C=O) groups excluding carboxylic acids is 2. The zero-order valence-electron chi connectivity index (χ0n) is 16.4. The third kappa shape index (κ3) is 5.63. The summed E-state index contributed by atoms with van der Waals surface area (Å²) in [6, 6.07) is 17.1. The normalized spacial score (nSPS) is 10.3. The fourth-order valence-electron chi connectivity index (χ4n) is 2.72. The first kappa shape index (κ1) is 21.4. The van der Waals surface area contributed by atoms with Gasteiger partial charge in [-0.15, -0.1) is 0 Å². The average Bonchev–Trinajstić information content (AvgIpc) is 2.75. The van der Waals surface area contributed by atoms with Crippen LogP contribution in [0.25, 0.3) is 0 Å². The Morgan fingerprint density at radius 1 is 1.00 bits per heavy atom. The third-order valence-corrected chi connectivity index (χ3v) is 4.30. The first-order valence-corrected chi connectivity index (χ1v) is 9.17. The molecule has 0 aromatic heterocycles. The number of hydrogen-bond donors (Lipinski definition) is 2. The van der Waals surface area contributed by atoms with E-state index in [9.17, 15) is 24.1 Å². The van der Waals surface area contributed by atoms with Gasteiger partial charge in [0.05, 0.1) is 10.5 Å². The summed E-state index contributed by atoms with van der Waals surface area (Å²) in [6.45, 7) is 1.02. The van der Waals surface area contributed by atoms with Crippen molar-refractivity contribution in [2.45, 2.75) is 6.92 Å². The number of nitrogens with one attached hydrogen (secondary N) is 2. The monoisotopic (exact) mass is 423 g/mol. The lowest BCUT2D eigenvalue weighted by Crippen LogP contribution is -2.20. The van der Waals surface area contributed by atoms with Crippen LogP contribution >= 0.6 is 0 Å². The van der Waals surface area contributed by atoms with E-state index in [1.54, 1.807) is 42.5 Å². The predicted molar refractivity (Wildman–Crippen MR) is 113 cm³/mol. The van der Waals surface area contributed by atoms with Crippen molar-refractivity contribution in [3.8, 4) is 5.75 Å². The topological polar surface area (TPSA) is 111 Å². The molecule has 3 aromatic rings. The van der Waals surface area contributed by atoms with Gasteiger partial charge in [0.2, 0.25) is 0 Å². The molecule has 0 radical (unpaired) electrons. The van der Waals surface area contributed by atoms with Crippen LogP contribution in [0.2, 0.25) is 0 Å². The van der Waals surface area contributed by atoms with E-state index in [1.807, 2.05) is 6.07 Å². The molecule has 0 aliphatic heterocycles. The van der Waals surface area contributed by atoms with Crippen molar-refractivity contribution in [2.24, 2.45) is 0 Å². The number of benzene rings is 3. The highest BCUT2D eigenvalue weighted by atomic mass is 19.1. The van der Waals surface area contributed by atoms with Crippen LogP contribution < -0.4 is 15.4 Å². The summed E-state index contributed by atoms with van der Waals surface area (Å²) in [6.07, 6.45) is 0. The number of anilines is 2. The molecule has 0 aliphatic carbocycles. The second-order valence-electron chi connectivity index (χ2n) is 6.54. The highest BCUT2D eigenvalue weighted by Gasteiger charge is 2.19. The van der Waals surface area contributed by atoms with Gasteiger partial charge in [0.1, 0.15) is 11.6 Å². The standard InChI is InChI=1S/C22H18FN3O5/c1-14-19(23)10-15(11-20(14)26(29)30)22(28)25-17-8-5-9-18(12-17)31-13-21(27)24-16-6-3-2-4-7-16/h2-12H,13H2,1H3,(H,24,27)(H,25,28). The lowest BCUT2D eigenvalue weighted by molar-refractivity contribution is -0.385. The number of halogens is 1. The van der Waals surface area contributed by atoms with Gasteiger partial charge in [0.25, 0.3) is 17.5 Å². The highest BCUT2D eigenvalue weighted by molar-refractivity contribution is 6.04. The number of carbonyl (C=O) groups is 2. The van der Waals surface area contributed by atoms with Gasteiger partial charge in [-0.1, -0.05) is 24.3 Å². The maximum atomic E-state index is 14.0. The van der Waals surface area contributed by atoms with E-state index < -0.39 is 22.3 Å². The lowest BCUT2D eigenvalue weighted by atomic mass is 10.1. The van der Waals surface area contributed by atoms with Crippen molar-refractivity contribution in [3.05, 3.63) is 93.8 Å². The van der Waals surface area contributed by atoms with E-state index in [-0.39, 0.29) is 23.6 Å². The lowest BCUT2D eigenvalue weighted by Gasteiger charge is -2.10.